The van der Waals surface area contributed by atoms with Crippen LogP contribution in [0.15, 0.2) is 24.3 Å². The molecule has 3 aromatic rings. The first kappa shape index (κ1) is 14.9. The van der Waals surface area contributed by atoms with Crippen LogP contribution in [0, 0.1) is 6.92 Å². The van der Waals surface area contributed by atoms with Crippen LogP contribution < -0.4 is 15.4 Å². The van der Waals surface area contributed by atoms with Gasteiger partial charge >= 0.3 is 0 Å². The monoisotopic (exact) mass is 390 g/mol. The van der Waals surface area contributed by atoms with Crippen LogP contribution in [0.1, 0.15) is 20.3 Å². The highest BCUT2D eigenvalue weighted by molar-refractivity contribution is 6.29. The normalized spacial score (nSPS) is 12.7. The Morgan fingerprint density at radius 3 is 2.78 bits per heavy atom. The highest BCUT2D eigenvalue weighted by Crippen LogP contribution is 2.38. The van der Waals surface area contributed by atoms with Crippen LogP contribution in [0.5, 0.6) is 5.75 Å². The maximum absolute atomic E-state index is 12.4. The number of aryl methyl sites for hydroxylation is 2. The Hall–Kier alpha value is -3.20. The summed E-state index contributed by atoms with van der Waals surface area (Å²) in [6.45, 7) is -0.859. The maximum atomic E-state index is 12.4. The number of nitrogens with one attached hydrogen (secondary N) is 2. The average molecular weight is 391 g/mol. The van der Waals surface area contributed by atoms with Crippen molar-refractivity contribution < 1.29 is 13.6 Å². The van der Waals surface area contributed by atoms with E-state index in [4.69, 9.17) is 20.5 Å². The van der Waals surface area contributed by atoms with E-state index in [1.54, 1.807) is 19.2 Å². The van der Waals surface area contributed by atoms with Crippen LogP contribution in [-0.4, -0.2) is 45.2 Å². The third-order valence-corrected chi connectivity index (χ3v) is 3.90. The van der Waals surface area contributed by atoms with Gasteiger partial charge in [0.2, 0.25) is 0 Å². The Morgan fingerprint density at radius 2 is 2.11 bits per heavy atom. The molecule has 1 aromatic carbocycles. The largest absolute Gasteiger partial charge is 0.494 e. The molecule has 2 aromatic heterocycles. The van der Waals surface area contributed by atoms with Crippen LogP contribution in [0.25, 0.3) is 11.3 Å². The molecular weight excluding hydrogens is 370 g/mol. The van der Waals surface area contributed by atoms with Crippen molar-refractivity contribution in [2.75, 3.05) is 19.4 Å². The molecular formula is C17H18ClN7O2. The van der Waals surface area contributed by atoms with E-state index in [9.17, 15) is 4.79 Å². The van der Waals surface area contributed by atoms with E-state index < -0.39 is 12.9 Å². The molecule has 10 heteroatoms. The first-order chi connectivity index (χ1) is 14.1. The number of hydrogen-bond donors (Lipinski definition) is 2. The standard InChI is InChI=1S/C17H18ClN7O2/c1-9-14(24-25(3)23-9)10-6-5-7-11(16(10)27-4)20-12-8-13(18)21-22-15(12)17(26)19-2/h5-8H,1-4H3,(H,19,26)(H,20,21)/i2D3. The minimum absolute atomic E-state index is 0.0165. The van der Waals surface area contributed by atoms with Crippen LogP contribution in [0.4, 0.5) is 11.4 Å². The van der Waals surface area contributed by atoms with Gasteiger partial charge in [0, 0.05) is 29.8 Å². The zero-order chi connectivity index (χ0) is 22.1. The van der Waals surface area contributed by atoms with Crippen LogP contribution in [-0.2, 0) is 7.05 Å². The molecule has 1 amide bonds. The lowest BCUT2D eigenvalue weighted by Crippen LogP contribution is -2.21. The van der Waals surface area contributed by atoms with Crippen LogP contribution >= 0.6 is 11.6 Å². The fourth-order valence-corrected chi connectivity index (χ4v) is 2.78. The number of para-hydroxylation sites is 1. The van der Waals surface area contributed by atoms with E-state index in [1.165, 1.54) is 18.0 Å². The number of amides is 1. The quantitative estimate of drug-likeness (QED) is 0.688. The number of rotatable bonds is 5. The first-order valence-electron chi connectivity index (χ1n) is 9.27. The summed E-state index contributed by atoms with van der Waals surface area (Å²) in [6.07, 6.45) is 0. The number of anilines is 2. The first-order valence-corrected chi connectivity index (χ1v) is 8.15. The fourth-order valence-electron chi connectivity index (χ4n) is 2.63. The maximum Gasteiger partial charge on any atom is 0.273 e. The molecule has 0 radical (unpaired) electrons. The Morgan fingerprint density at radius 1 is 1.30 bits per heavy atom. The lowest BCUT2D eigenvalue weighted by Gasteiger charge is -2.15. The van der Waals surface area contributed by atoms with E-state index in [-0.39, 0.29) is 16.5 Å². The number of halogens is 1. The second-order valence-corrected chi connectivity index (χ2v) is 5.91. The molecule has 0 aliphatic carbocycles. The molecule has 2 heterocycles. The summed E-state index contributed by atoms with van der Waals surface area (Å²) in [6, 6.07) is 6.67. The van der Waals surface area contributed by atoms with Gasteiger partial charge in [-0.1, -0.05) is 17.7 Å². The molecule has 140 valence electrons. The van der Waals surface area contributed by atoms with Gasteiger partial charge in [-0.3, -0.25) is 4.79 Å². The summed E-state index contributed by atoms with van der Waals surface area (Å²) in [5, 5.41) is 20.9. The zero-order valence-corrected chi connectivity index (χ0v) is 15.5. The fraction of sp³-hybridized carbons (Fsp3) is 0.235. The van der Waals surface area contributed by atoms with Gasteiger partial charge in [-0.15, -0.1) is 10.2 Å². The Kier molecular flexibility index (Phi) is 4.19. The number of benzene rings is 1. The van der Waals surface area contributed by atoms with Gasteiger partial charge < -0.3 is 15.4 Å². The van der Waals surface area contributed by atoms with E-state index >= 15 is 0 Å². The van der Waals surface area contributed by atoms with Crippen molar-refractivity contribution in [1.29, 1.82) is 0 Å². The van der Waals surface area contributed by atoms with E-state index in [2.05, 4.69) is 25.7 Å². The van der Waals surface area contributed by atoms with Crippen molar-refractivity contribution in [2.24, 2.45) is 7.05 Å². The topological polar surface area (TPSA) is 107 Å². The molecule has 0 unspecified atom stereocenters. The lowest BCUT2D eigenvalue weighted by atomic mass is 10.1. The highest BCUT2D eigenvalue weighted by Gasteiger charge is 2.19. The van der Waals surface area contributed by atoms with Gasteiger partial charge in [-0.25, -0.2) is 0 Å². The van der Waals surface area contributed by atoms with Gasteiger partial charge in [0.1, 0.15) is 5.69 Å². The van der Waals surface area contributed by atoms with E-state index in [0.717, 1.165) is 0 Å². The smallest absolute Gasteiger partial charge is 0.273 e. The second kappa shape index (κ2) is 7.58. The molecule has 27 heavy (non-hydrogen) atoms. The molecule has 0 saturated carbocycles. The zero-order valence-electron chi connectivity index (χ0n) is 17.7. The van der Waals surface area contributed by atoms with Crippen molar-refractivity contribution in [1.82, 2.24) is 30.5 Å². The molecule has 0 atom stereocenters. The molecule has 3 rings (SSSR count). The van der Waals surface area contributed by atoms with Gasteiger partial charge in [-0.2, -0.15) is 15.0 Å². The van der Waals surface area contributed by atoms with Crippen molar-refractivity contribution in [2.45, 2.75) is 6.92 Å². The molecule has 0 spiro atoms. The number of hydrogen-bond acceptors (Lipinski definition) is 7. The number of nitrogens with zero attached hydrogens (tertiary/aromatic N) is 5. The summed E-state index contributed by atoms with van der Waals surface area (Å²) >= 11 is 5.94. The number of methoxy groups -OCH3 is 1. The Labute approximate surface area is 164 Å². The predicted octanol–water partition coefficient (Wildman–Crippen LogP) is 2.35. The summed E-state index contributed by atoms with van der Waals surface area (Å²) in [5.74, 6) is -0.488. The minimum Gasteiger partial charge on any atom is -0.494 e. The van der Waals surface area contributed by atoms with Crippen molar-refractivity contribution in [3.8, 4) is 17.0 Å². The van der Waals surface area contributed by atoms with Crippen molar-refractivity contribution in [3.63, 3.8) is 0 Å². The van der Waals surface area contributed by atoms with Crippen LogP contribution in [0.2, 0.25) is 5.15 Å². The van der Waals surface area contributed by atoms with E-state index in [0.29, 0.717) is 28.4 Å². The molecule has 0 aliphatic heterocycles. The van der Waals surface area contributed by atoms with Gasteiger partial charge in [-0.05, 0) is 19.1 Å². The summed E-state index contributed by atoms with van der Waals surface area (Å²) in [5.41, 5.74) is 2.41. The summed E-state index contributed by atoms with van der Waals surface area (Å²) < 4.78 is 27.3. The molecule has 0 bridgehead atoms. The number of carbonyl (C=O) groups is 1. The third-order valence-electron chi connectivity index (χ3n) is 3.72. The Bertz CT molecular complexity index is 1100. The average Bonchev–Trinajstić information content (AvgIpc) is 2.98. The predicted molar refractivity (Wildman–Crippen MR) is 101 cm³/mol. The minimum atomic E-state index is -2.68. The molecule has 2 N–H and O–H groups in total. The SMILES string of the molecule is [2H]C([2H])([2H])NC(=O)c1nnc(Cl)cc1Nc1cccc(-c2nn(C)nc2C)c1OC. The summed E-state index contributed by atoms with van der Waals surface area (Å²) in [7, 11) is 3.21. The molecule has 9 nitrogen and oxygen atoms in total. The van der Waals surface area contributed by atoms with Crippen molar-refractivity contribution >= 4 is 28.9 Å². The van der Waals surface area contributed by atoms with Gasteiger partial charge in [0.05, 0.1) is 24.2 Å². The summed E-state index contributed by atoms with van der Waals surface area (Å²) in [4.78, 5) is 13.8. The van der Waals surface area contributed by atoms with E-state index in [1.807, 2.05) is 18.3 Å². The Balaban J connectivity index is 2.05. The van der Waals surface area contributed by atoms with Gasteiger partial charge in [0.15, 0.2) is 16.6 Å². The highest BCUT2D eigenvalue weighted by atomic mass is 35.5. The number of aromatic nitrogens is 5. The van der Waals surface area contributed by atoms with Crippen LogP contribution in [0.3, 0.4) is 0 Å². The molecule has 0 saturated heterocycles. The number of ether oxygens (including phenoxy) is 1. The second-order valence-electron chi connectivity index (χ2n) is 5.52. The van der Waals surface area contributed by atoms with Gasteiger partial charge in [0.25, 0.3) is 5.91 Å². The number of carbonyl (C=O) groups excluding carboxylic acids is 1. The third kappa shape index (κ3) is 3.68. The van der Waals surface area contributed by atoms with Crippen molar-refractivity contribution in [3.05, 3.63) is 40.8 Å². The molecule has 0 aliphatic rings. The lowest BCUT2D eigenvalue weighted by molar-refractivity contribution is 0.0958. The molecule has 0 fully saturated rings.